The van der Waals surface area contributed by atoms with E-state index in [0.717, 1.165) is 10.6 Å². The monoisotopic (exact) mass is 266 g/mol. The average Bonchev–Trinajstić information content (AvgIpc) is 2.37. The summed E-state index contributed by atoms with van der Waals surface area (Å²) in [4.78, 5) is 24.3. The molecule has 1 aliphatic rings. The molecule has 0 aliphatic carbocycles. The zero-order valence-corrected chi connectivity index (χ0v) is 10.5. The number of aliphatic hydroxyl groups is 1. The van der Waals surface area contributed by atoms with Gasteiger partial charge >= 0.3 is 0 Å². The van der Waals surface area contributed by atoms with Gasteiger partial charge in [0.2, 0.25) is 11.8 Å². The van der Waals surface area contributed by atoms with E-state index in [2.05, 4.69) is 10.6 Å². The van der Waals surface area contributed by atoms with Gasteiger partial charge in [0.1, 0.15) is 0 Å². The Labute approximate surface area is 109 Å². The Kier molecular flexibility index (Phi) is 4.22. The summed E-state index contributed by atoms with van der Waals surface area (Å²) in [5.74, 6) is -0.381. The van der Waals surface area contributed by atoms with Gasteiger partial charge in [0.15, 0.2) is 0 Å². The van der Waals surface area contributed by atoms with Crippen LogP contribution in [0.3, 0.4) is 0 Å². The number of nitrogens with one attached hydrogen (secondary N) is 2. The highest BCUT2D eigenvalue weighted by Crippen LogP contribution is 2.36. The first kappa shape index (κ1) is 12.9. The molecule has 6 heteroatoms. The van der Waals surface area contributed by atoms with Crippen LogP contribution in [0.1, 0.15) is 6.42 Å². The number of para-hydroxylation sites is 1. The van der Waals surface area contributed by atoms with E-state index < -0.39 is 5.25 Å². The first-order valence-corrected chi connectivity index (χ1v) is 6.53. The van der Waals surface area contributed by atoms with E-state index in [0.29, 0.717) is 0 Å². The number of hydrogen-bond donors (Lipinski definition) is 3. The van der Waals surface area contributed by atoms with E-state index in [1.165, 1.54) is 11.8 Å². The quantitative estimate of drug-likeness (QED) is 0.745. The number of carbonyl (C=O) groups excluding carboxylic acids is 2. The molecule has 1 aliphatic heterocycles. The molecular weight excluding hydrogens is 252 g/mol. The predicted molar refractivity (Wildman–Crippen MR) is 69.4 cm³/mol. The van der Waals surface area contributed by atoms with Crippen molar-refractivity contribution in [2.45, 2.75) is 16.6 Å². The minimum Gasteiger partial charge on any atom is -0.395 e. The molecule has 0 aromatic heterocycles. The fraction of sp³-hybridized carbons (Fsp3) is 0.333. The van der Waals surface area contributed by atoms with Crippen molar-refractivity contribution in [1.29, 1.82) is 0 Å². The van der Waals surface area contributed by atoms with Gasteiger partial charge in [-0.25, -0.2) is 0 Å². The molecule has 2 amide bonds. The zero-order valence-electron chi connectivity index (χ0n) is 9.68. The molecule has 0 radical (unpaired) electrons. The van der Waals surface area contributed by atoms with Crippen molar-refractivity contribution in [3.05, 3.63) is 24.3 Å². The summed E-state index contributed by atoms with van der Waals surface area (Å²) in [6.07, 6.45) is 0.116. The lowest BCUT2D eigenvalue weighted by atomic mass is 10.2. The molecule has 0 bridgehead atoms. The number of benzene rings is 1. The second kappa shape index (κ2) is 5.88. The third-order valence-corrected chi connectivity index (χ3v) is 3.79. The molecule has 0 fully saturated rings. The largest absolute Gasteiger partial charge is 0.395 e. The minimum absolute atomic E-state index is 0.0986. The van der Waals surface area contributed by atoms with Crippen LogP contribution >= 0.6 is 11.8 Å². The topological polar surface area (TPSA) is 78.4 Å². The van der Waals surface area contributed by atoms with Gasteiger partial charge in [-0.3, -0.25) is 9.59 Å². The Balaban J connectivity index is 1.99. The van der Waals surface area contributed by atoms with Gasteiger partial charge in [-0.05, 0) is 12.1 Å². The van der Waals surface area contributed by atoms with Crippen LogP contribution in [0.15, 0.2) is 29.2 Å². The summed E-state index contributed by atoms with van der Waals surface area (Å²) in [5.41, 5.74) is 0.791. The van der Waals surface area contributed by atoms with Gasteiger partial charge in [0.25, 0.3) is 0 Å². The minimum atomic E-state index is -0.418. The number of hydrogen-bond acceptors (Lipinski definition) is 4. The Hall–Kier alpha value is -1.53. The van der Waals surface area contributed by atoms with Crippen LogP contribution in [-0.4, -0.2) is 35.3 Å². The van der Waals surface area contributed by atoms with Crippen molar-refractivity contribution in [3.8, 4) is 0 Å². The van der Waals surface area contributed by atoms with Crippen LogP contribution in [0.5, 0.6) is 0 Å². The third kappa shape index (κ3) is 3.02. The molecule has 1 aromatic carbocycles. The number of rotatable bonds is 4. The first-order valence-electron chi connectivity index (χ1n) is 5.65. The second-order valence-electron chi connectivity index (χ2n) is 3.87. The molecule has 0 saturated heterocycles. The van der Waals surface area contributed by atoms with E-state index >= 15 is 0 Å². The normalized spacial score (nSPS) is 17.8. The molecule has 3 N–H and O–H groups in total. The summed E-state index contributed by atoms with van der Waals surface area (Å²) in [7, 11) is 0. The lowest BCUT2D eigenvalue weighted by Gasteiger charge is -2.23. The van der Waals surface area contributed by atoms with E-state index in [1.54, 1.807) is 0 Å². The maximum absolute atomic E-state index is 11.8. The lowest BCUT2D eigenvalue weighted by Crippen LogP contribution is -2.35. The van der Waals surface area contributed by atoms with Crippen molar-refractivity contribution >= 4 is 29.3 Å². The van der Waals surface area contributed by atoms with Crippen LogP contribution in [0.4, 0.5) is 5.69 Å². The van der Waals surface area contributed by atoms with Crippen molar-refractivity contribution in [2.24, 2.45) is 0 Å². The van der Waals surface area contributed by atoms with E-state index in [9.17, 15) is 9.59 Å². The predicted octanol–water partition coefficient (Wildman–Crippen LogP) is 0.598. The molecule has 1 heterocycles. The van der Waals surface area contributed by atoms with E-state index in [1.807, 2.05) is 24.3 Å². The van der Waals surface area contributed by atoms with Gasteiger partial charge in [0.05, 0.1) is 17.5 Å². The maximum Gasteiger partial charge on any atom is 0.238 e. The van der Waals surface area contributed by atoms with Crippen LogP contribution < -0.4 is 10.6 Å². The van der Waals surface area contributed by atoms with Crippen LogP contribution in [0.2, 0.25) is 0 Å². The molecule has 5 nitrogen and oxygen atoms in total. The van der Waals surface area contributed by atoms with E-state index in [-0.39, 0.29) is 31.4 Å². The van der Waals surface area contributed by atoms with Gasteiger partial charge in [-0.15, -0.1) is 11.8 Å². The molecule has 18 heavy (non-hydrogen) atoms. The third-order valence-electron chi connectivity index (χ3n) is 2.51. The van der Waals surface area contributed by atoms with Crippen LogP contribution in [0, 0.1) is 0 Å². The SMILES string of the molecule is O=C(C[C@H]1Sc2ccccc2NC1=O)NCCO. The van der Waals surface area contributed by atoms with Crippen molar-refractivity contribution in [1.82, 2.24) is 5.32 Å². The molecule has 0 unspecified atom stereocenters. The highest BCUT2D eigenvalue weighted by atomic mass is 32.2. The molecule has 1 aromatic rings. The fourth-order valence-electron chi connectivity index (χ4n) is 1.66. The zero-order chi connectivity index (χ0) is 13.0. The Morgan fingerprint density at radius 2 is 2.22 bits per heavy atom. The Morgan fingerprint density at radius 3 is 3.00 bits per heavy atom. The standard InChI is InChI=1S/C12H14N2O3S/c15-6-5-13-11(16)7-10-12(17)14-8-3-1-2-4-9(8)18-10/h1-4,10,15H,5-7H2,(H,13,16)(H,14,17)/t10-/m1/s1. The maximum atomic E-state index is 11.8. The summed E-state index contributed by atoms with van der Waals surface area (Å²) >= 11 is 1.39. The smallest absolute Gasteiger partial charge is 0.238 e. The highest BCUT2D eigenvalue weighted by Gasteiger charge is 2.28. The molecule has 2 rings (SSSR count). The molecule has 0 spiro atoms. The van der Waals surface area contributed by atoms with Gasteiger partial charge < -0.3 is 15.7 Å². The van der Waals surface area contributed by atoms with E-state index in [4.69, 9.17) is 5.11 Å². The molecule has 0 saturated carbocycles. The molecular formula is C12H14N2O3S. The molecule has 1 atom stereocenters. The number of fused-ring (bicyclic) bond motifs is 1. The number of anilines is 1. The fourth-order valence-corrected chi connectivity index (χ4v) is 2.77. The summed E-state index contributed by atoms with van der Waals surface area (Å²) in [6.45, 7) is 0.118. The van der Waals surface area contributed by atoms with Crippen LogP contribution in [-0.2, 0) is 9.59 Å². The van der Waals surface area contributed by atoms with Crippen molar-refractivity contribution < 1.29 is 14.7 Å². The van der Waals surface area contributed by atoms with Gasteiger partial charge in [0, 0.05) is 17.9 Å². The second-order valence-corrected chi connectivity index (χ2v) is 5.11. The Bertz CT molecular complexity index is 464. The van der Waals surface area contributed by atoms with Crippen molar-refractivity contribution in [3.63, 3.8) is 0 Å². The summed E-state index contributed by atoms with van der Waals surface area (Å²) < 4.78 is 0. The summed E-state index contributed by atoms with van der Waals surface area (Å²) in [6, 6.07) is 7.50. The summed E-state index contributed by atoms with van der Waals surface area (Å²) in [5, 5.41) is 13.5. The van der Waals surface area contributed by atoms with Gasteiger partial charge in [-0.1, -0.05) is 12.1 Å². The van der Waals surface area contributed by atoms with Crippen LogP contribution in [0.25, 0.3) is 0 Å². The van der Waals surface area contributed by atoms with Crippen molar-refractivity contribution in [2.75, 3.05) is 18.5 Å². The molecule has 96 valence electrons. The van der Waals surface area contributed by atoms with Gasteiger partial charge in [-0.2, -0.15) is 0 Å². The number of aliphatic hydroxyl groups excluding tert-OH is 1. The highest BCUT2D eigenvalue weighted by molar-refractivity contribution is 8.01. The number of thioether (sulfide) groups is 1. The lowest BCUT2D eigenvalue weighted by molar-refractivity contribution is -0.124. The number of amides is 2. The Morgan fingerprint density at radius 1 is 1.44 bits per heavy atom. The first-order chi connectivity index (χ1) is 8.70. The number of carbonyl (C=O) groups is 2. The average molecular weight is 266 g/mol.